The van der Waals surface area contributed by atoms with Crippen LogP contribution in [0.3, 0.4) is 0 Å². The smallest absolute Gasteiger partial charge is 0.331 e. The minimum absolute atomic E-state index is 0. The Hall–Kier alpha value is -0.670. The molecule has 0 bridgehead atoms. The van der Waals surface area contributed by atoms with Crippen molar-refractivity contribution >= 4 is 51.6 Å². The molecule has 7 nitrogen and oxygen atoms in total. The Kier molecular flexibility index (Phi) is 5.11. The Morgan fingerprint density at radius 1 is 1.29 bits per heavy atom. The summed E-state index contributed by atoms with van der Waals surface area (Å²) < 4.78 is 28.3. The molecular weight excluding hydrogens is 263 g/mol. The van der Waals surface area contributed by atoms with Gasteiger partial charge in [-0.05, 0) is 6.08 Å². The summed E-state index contributed by atoms with van der Waals surface area (Å²) in [4.78, 5) is 21.5. The van der Waals surface area contributed by atoms with Crippen LogP contribution in [0.25, 0.3) is 0 Å². The first-order chi connectivity index (χ1) is 7.21. The maximum atomic E-state index is 11.0. The van der Waals surface area contributed by atoms with Gasteiger partial charge in [0.1, 0.15) is 0 Å². The van der Waals surface area contributed by atoms with Gasteiger partial charge >= 0.3 is 11.9 Å². The van der Waals surface area contributed by atoms with Crippen LogP contribution in [0.15, 0.2) is 23.8 Å². The summed E-state index contributed by atoms with van der Waals surface area (Å²) in [7, 11) is -4.94. The molecule has 17 heavy (non-hydrogen) atoms. The molecule has 0 heterocycles. The Labute approximate surface area is 119 Å². The summed E-state index contributed by atoms with van der Waals surface area (Å²) in [6.07, 6.45) is 1.99. The molecule has 1 unspecified atom stereocenters. The average molecular weight is 271 g/mol. The van der Waals surface area contributed by atoms with Crippen molar-refractivity contribution in [1.82, 2.24) is 0 Å². The van der Waals surface area contributed by atoms with Gasteiger partial charge in [-0.25, -0.2) is 4.79 Å². The van der Waals surface area contributed by atoms with Crippen LogP contribution >= 0.6 is 0 Å². The van der Waals surface area contributed by atoms with E-state index in [9.17, 15) is 18.0 Å². The van der Waals surface area contributed by atoms with E-state index < -0.39 is 38.8 Å². The average Bonchev–Trinajstić information content (AvgIpc) is 2.15. The number of hydrogen-bond acceptors (Lipinski definition) is 4. The molecule has 0 saturated carbocycles. The van der Waals surface area contributed by atoms with Crippen molar-refractivity contribution < 1.29 is 32.8 Å². The van der Waals surface area contributed by atoms with Gasteiger partial charge < -0.3 is 10.2 Å². The van der Waals surface area contributed by atoms with Gasteiger partial charge in [0.05, 0.1) is 0 Å². The van der Waals surface area contributed by atoms with Gasteiger partial charge in [-0.1, -0.05) is 12.2 Å². The summed E-state index contributed by atoms with van der Waals surface area (Å²) in [5, 5.41) is 17.5. The number of allylic oxidation sites excluding steroid dienone is 2. The maximum Gasteiger partial charge on any atom is 0.331 e. The molecule has 0 aromatic heterocycles. The van der Waals surface area contributed by atoms with Gasteiger partial charge in [-0.15, -0.1) is 0 Å². The van der Waals surface area contributed by atoms with Crippen molar-refractivity contribution in [2.75, 3.05) is 0 Å². The minimum atomic E-state index is -4.94. The Balaban J connectivity index is 0.00000256. The molecule has 0 fully saturated rings. The van der Waals surface area contributed by atoms with Crippen LogP contribution in [-0.4, -0.2) is 69.4 Å². The van der Waals surface area contributed by atoms with Gasteiger partial charge in [-0.3, -0.25) is 9.35 Å². The van der Waals surface area contributed by atoms with Crippen molar-refractivity contribution in [2.24, 2.45) is 0 Å². The first-order valence-corrected chi connectivity index (χ1v) is 5.47. The molecule has 1 aliphatic rings. The summed E-state index contributed by atoms with van der Waals surface area (Å²) in [5.41, 5.74) is -0.400. The summed E-state index contributed by atoms with van der Waals surface area (Å²) >= 11 is 0. The van der Waals surface area contributed by atoms with Crippen LogP contribution in [-0.2, 0) is 19.7 Å². The number of rotatable bonds is 3. The van der Waals surface area contributed by atoms with E-state index in [-0.39, 0.29) is 29.6 Å². The molecule has 89 valence electrons. The number of carboxylic acid groups (broad SMARTS) is 2. The maximum absolute atomic E-state index is 11.0. The van der Waals surface area contributed by atoms with E-state index in [4.69, 9.17) is 14.8 Å². The second-order valence-electron chi connectivity index (χ2n) is 3.20. The Bertz CT molecular complexity index is 504. The van der Waals surface area contributed by atoms with E-state index in [2.05, 4.69) is 0 Å². The molecule has 1 atom stereocenters. The second-order valence-corrected chi connectivity index (χ2v) is 4.88. The molecule has 1 rings (SSSR count). The molecule has 9 heteroatoms. The molecule has 0 aromatic rings. The minimum Gasteiger partial charge on any atom is -0.480 e. The van der Waals surface area contributed by atoms with Gasteiger partial charge in [0.15, 0.2) is 0 Å². The molecule has 0 spiro atoms. The largest absolute Gasteiger partial charge is 0.480 e. The summed E-state index contributed by atoms with van der Waals surface area (Å²) in [5.74, 6) is -3.25. The molecule has 0 aromatic carbocycles. The zero-order valence-corrected chi connectivity index (χ0v) is 11.6. The fraction of sp³-hybridized carbons (Fsp3) is 0.250. The predicted molar refractivity (Wildman–Crippen MR) is 57.1 cm³/mol. The third-order valence-corrected chi connectivity index (χ3v) is 3.59. The standard InChI is InChI=1S/C8H8O7S.Na/c9-6(10)5-2-1-3-8(4-5,7(11)12)16(13,14)15;/h1-3H,4H2,(H,9,10)(H,11,12)(H,13,14,15);. The zero-order valence-electron chi connectivity index (χ0n) is 8.82. The zero-order chi connectivity index (χ0) is 12.6. The van der Waals surface area contributed by atoms with Gasteiger partial charge in [0.25, 0.3) is 10.1 Å². The quantitative estimate of drug-likeness (QED) is 0.456. The number of aliphatic carboxylic acids is 2. The Morgan fingerprint density at radius 3 is 2.18 bits per heavy atom. The van der Waals surface area contributed by atoms with E-state index in [0.717, 1.165) is 18.2 Å². The van der Waals surface area contributed by atoms with Gasteiger partial charge in [0, 0.05) is 41.6 Å². The summed E-state index contributed by atoms with van der Waals surface area (Å²) in [6.45, 7) is 0. The normalized spacial score (nSPS) is 23.5. The SMILES string of the molecule is O=C(O)C1=CC=CC(C(=O)O)(S(=O)(=O)O)C1.[Na]. The fourth-order valence-electron chi connectivity index (χ4n) is 1.30. The van der Waals surface area contributed by atoms with Gasteiger partial charge in [0.2, 0.25) is 4.75 Å². The van der Waals surface area contributed by atoms with Crippen LogP contribution in [0.5, 0.6) is 0 Å². The van der Waals surface area contributed by atoms with Crippen LogP contribution < -0.4 is 0 Å². The van der Waals surface area contributed by atoms with Crippen molar-refractivity contribution in [3.63, 3.8) is 0 Å². The topological polar surface area (TPSA) is 129 Å². The molecule has 0 aliphatic heterocycles. The monoisotopic (exact) mass is 271 g/mol. The predicted octanol–water partition coefficient (Wildman–Crippen LogP) is -0.712. The molecule has 1 aliphatic carbocycles. The first kappa shape index (κ1) is 16.3. The molecule has 1 radical (unpaired) electrons. The van der Waals surface area contributed by atoms with E-state index in [1.165, 1.54) is 0 Å². The van der Waals surface area contributed by atoms with E-state index in [1.807, 2.05) is 0 Å². The first-order valence-electron chi connectivity index (χ1n) is 4.03. The van der Waals surface area contributed by atoms with Crippen LogP contribution in [0.4, 0.5) is 0 Å². The van der Waals surface area contributed by atoms with Crippen molar-refractivity contribution in [3.05, 3.63) is 23.8 Å². The number of hydrogen-bond donors (Lipinski definition) is 3. The van der Waals surface area contributed by atoms with Crippen LogP contribution in [0.2, 0.25) is 0 Å². The molecular formula is C8H8NaO7S. The van der Waals surface area contributed by atoms with Crippen LogP contribution in [0, 0.1) is 0 Å². The molecule has 0 amide bonds. The number of carbonyl (C=O) groups is 2. The van der Waals surface area contributed by atoms with E-state index in [1.54, 1.807) is 0 Å². The molecule has 0 saturated heterocycles. The number of carboxylic acids is 2. The molecule has 3 N–H and O–H groups in total. The van der Waals surface area contributed by atoms with E-state index in [0.29, 0.717) is 0 Å². The van der Waals surface area contributed by atoms with E-state index >= 15 is 0 Å². The summed E-state index contributed by atoms with van der Waals surface area (Å²) in [6, 6.07) is 0. The van der Waals surface area contributed by atoms with Crippen molar-refractivity contribution in [1.29, 1.82) is 0 Å². The third kappa shape index (κ3) is 2.96. The second kappa shape index (κ2) is 5.32. The van der Waals surface area contributed by atoms with Crippen LogP contribution in [0.1, 0.15) is 6.42 Å². The Morgan fingerprint density at radius 2 is 1.82 bits per heavy atom. The fourth-order valence-corrected chi connectivity index (χ4v) is 2.11. The third-order valence-electron chi connectivity index (χ3n) is 2.21. The van der Waals surface area contributed by atoms with Crippen molar-refractivity contribution in [3.8, 4) is 0 Å². The van der Waals surface area contributed by atoms with Crippen molar-refractivity contribution in [2.45, 2.75) is 11.2 Å². The van der Waals surface area contributed by atoms with Gasteiger partial charge in [-0.2, -0.15) is 8.42 Å².